The first-order valence-electron chi connectivity index (χ1n) is 3.52. The van der Waals surface area contributed by atoms with Crippen molar-refractivity contribution >= 4 is 0 Å². The van der Waals surface area contributed by atoms with E-state index in [0.29, 0.717) is 5.56 Å². The monoisotopic (exact) mass is 149 g/mol. The van der Waals surface area contributed by atoms with E-state index in [1.165, 1.54) is 12.1 Å². The largest absolute Gasteiger partial charge is 0.508 e. The normalized spacial score (nSPS) is 7.36. The Hall–Kier alpha value is -1.49. The second kappa shape index (κ2) is 5.31. The van der Waals surface area contributed by atoms with Crippen LogP contribution in [0.25, 0.3) is 0 Å². The lowest BCUT2D eigenvalue weighted by molar-refractivity contribution is 0.475. The predicted molar refractivity (Wildman–Crippen MR) is 44.2 cm³/mol. The van der Waals surface area contributed by atoms with Crippen LogP contribution in [0.15, 0.2) is 24.3 Å². The molecule has 2 nitrogen and oxygen atoms in total. The lowest BCUT2D eigenvalue weighted by Crippen LogP contribution is -1.69. The highest BCUT2D eigenvalue weighted by atomic mass is 16.3. The average molecular weight is 149 g/mol. The van der Waals surface area contributed by atoms with Gasteiger partial charge in [0.05, 0.1) is 11.6 Å². The summed E-state index contributed by atoms with van der Waals surface area (Å²) in [6.07, 6.45) is 0. The summed E-state index contributed by atoms with van der Waals surface area (Å²) in [6, 6.07) is 8.12. The SMILES string of the molecule is CC.N#Cc1cccc(O)c1. The summed E-state index contributed by atoms with van der Waals surface area (Å²) in [5.41, 5.74) is 0.481. The zero-order chi connectivity index (χ0) is 8.69. The van der Waals surface area contributed by atoms with Gasteiger partial charge in [0.2, 0.25) is 0 Å². The number of rotatable bonds is 0. The molecule has 0 aliphatic carbocycles. The molecule has 0 saturated carbocycles. The summed E-state index contributed by atoms with van der Waals surface area (Å²) >= 11 is 0. The van der Waals surface area contributed by atoms with E-state index in [4.69, 9.17) is 10.4 Å². The third kappa shape index (κ3) is 3.27. The van der Waals surface area contributed by atoms with Gasteiger partial charge in [0.15, 0.2) is 0 Å². The molecule has 0 atom stereocenters. The van der Waals surface area contributed by atoms with Crippen molar-refractivity contribution in [1.29, 1.82) is 5.26 Å². The Kier molecular flexibility index (Phi) is 4.59. The second-order valence-electron chi connectivity index (χ2n) is 1.66. The van der Waals surface area contributed by atoms with Crippen molar-refractivity contribution in [2.24, 2.45) is 0 Å². The van der Waals surface area contributed by atoms with Crippen LogP contribution in [-0.2, 0) is 0 Å². The molecule has 1 N–H and O–H groups in total. The quantitative estimate of drug-likeness (QED) is 0.615. The van der Waals surface area contributed by atoms with E-state index in [2.05, 4.69) is 0 Å². The Morgan fingerprint density at radius 2 is 2.00 bits per heavy atom. The van der Waals surface area contributed by atoms with Crippen LogP contribution in [0.4, 0.5) is 0 Å². The molecule has 2 heteroatoms. The van der Waals surface area contributed by atoms with Gasteiger partial charge in [-0.15, -0.1) is 0 Å². The maximum Gasteiger partial charge on any atom is 0.116 e. The molecule has 0 radical (unpaired) electrons. The van der Waals surface area contributed by atoms with E-state index in [9.17, 15) is 0 Å². The van der Waals surface area contributed by atoms with Gasteiger partial charge in [-0.3, -0.25) is 0 Å². The number of aromatic hydroxyl groups is 1. The molecule has 0 saturated heterocycles. The number of hydrogen-bond acceptors (Lipinski definition) is 2. The second-order valence-corrected chi connectivity index (χ2v) is 1.66. The Morgan fingerprint density at radius 1 is 1.36 bits per heavy atom. The van der Waals surface area contributed by atoms with Crippen molar-refractivity contribution in [3.05, 3.63) is 29.8 Å². The maximum absolute atomic E-state index is 8.79. The number of nitrogens with zero attached hydrogens (tertiary/aromatic N) is 1. The van der Waals surface area contributed by atoms with Gasteiger partial charge in [-0.05, 0) is 18.2 Å². The van der Waals surface area contributed by atoms with Gasteiger partial charge in [0.25, 0.3) is 0 Å². The summed E-state index contributed by atoms with van der Waals surface area (Å²) in [5.74, 6) is 0.133. The van der Waals surface area contributed by atoms with Crippen LogP contribution in [0.2, 0.25) is 0 Å². The van der Waals surface area contributed by atoms with Crippen LogP contribution in [0.1, 0.15) is 19.4 Å². The average Bonchev–Trinajstić information content (AvgIpc) is 2.08. The molecule has 0 fully saturated rings. The highest BCUT2D eigenvalue weighted by molar-refractivity contribution is 5.35. The topological polar surface area (TPSA) is 44.0 Å². The molecule has 0 aliphatic heterocycles. The Bertz CT molecular complexity index is 250. The molecule has 0 unspecified atom stereocenters. The van der Waals surface area contributed by atoms with Crippen LogP contribution in [0, 0.1) is 11.3 Å². The standard InChI is InChI=1S/C7H5NO.C2H6/c8-5-6-2-1-3-7(9)4-6;1-2/h1-4,9H;1-2H3. The first-order valence-corrected chi connectivity index (χ1v) is 3.52. The molecule has 1 aromatic carbocycles. The van der Waals surface area contributed by atoms with Crippen molar-refractivity contribution < 1.29 is 5.11 Å². The van der Waals surface area contributed by atoms with Crippen LogP contribution in [0.5, 0.6) is 5.75 Å². The third-order valence-corrected chi connectivity index (χ3v) is 0.975. The molecule has 0 aliphatic rings. The molecule has 1 rings (SSSR count). The zero-order valence-electron chi connectivity index (χ0n) is 6.70. The first kappa shape index (κ1) is 9.51. The fourth-order valence-electron chi connectivity index (χ4n) is 0.575. The van der Waals surface area contributed by atoms with Crippen molar-refractivity contribution in [2.45, 2.75) is 13.8 Å². The van der Waals surface area contributed by atoms with Crippen molar-refractivity contribution in [3.63, 3.8) is 0 Å². The fraction of sp³-hybridized carbons (Fsp3) is 0.222. The Labute approximate surface area is 66.7 Å². The molecule has 11 heavy (non-hydrogen) atoms. The highest BCUT2D eigenvalue weighted by Crippen LogP contribution is 2.08. The van der Waals surface area contributed by atoms with Gasteiger partial charge in [-0.1, -0.05) is 19.9 Å². The molecule has 0 spiro atoms. The molecule has 0 bridgehead atoms. The van der Waals surface area contributed by atoms with Crippen molar-refractivity contribution in [3.8, 4) is 11.8 Å². The van der Waals surface area contributed by atoms with E-state index in [1.807, 2.05) is 19.9 Å². The van der Waals surface area contributed by atoms with E-state index in [0.717, 1.165) is 0 Å². The summed E-state index contributed by atoms with van der Waals surface area (Å²) in [5, 5.41) is 17.1. The lowest BCUT2D eigenvalue weighted by Gasteiger charge is -1.87. The van der Waals surface area contributed by atoms with Gasteiger partial charge in [0.1, 0.15) is 5.75 Å². The minimum atomic E-state index is 0.133. The van der Waals surface area contributed by atoms with Crippen LogP contribution < -0.4 is 0 Å². The van der Waals surface area contributed by atoms with E-state index >= 15 is 0 Å². The number of phenols is 1. The van der Waals surface area contributed by atoms with Gasteiger partial charge >= 0.3 is 0 Å². The van der Waals surface area contributed by atoms with Crippen LogP contribution in [-0.4, -0.2) is 5.11 Å². The summed E-state index contributed by atoms with van der Waals surface area (Å²) in [4.78, 5) is 0. The minimum absolute atomic E-state index is 0.133. The molecule has 1 aromatic rings. The van der Waals surface area contributed by atoms with Crippen LogP contribution in [0.3, 0.4) is 0 Å². The molecule has 58 valence electrons. The molecule has 0 heterocycles. The predicted octanol–water partition coefficient (Wildman–Crippen LogP) is 2.29. The highest BCUT2D eigenvalue weighted by Gasteiger charge is 1.88. The summed E-state index contributed by atoms with van der Waals surface area (Å²) in [6.45, 7) is 4.00. The smallest absolute Gasteiger partial charge is 0.116 e. The van der Waals surface area contributed by atoms with Gasteiger partial charge in [-0.25, -0.2) is 0 Å². The zero-order valence-corrected chi connectivity index (χ0v) is 6.70. The molecule has 0 amide bonds. The van der Waals surface area contributed by atoms with Crippen molar-refractivity contribution in [2.75, 3.05) is 0 Å². The van der Waals surface area contributed by atoms with Crippen molar-refractivity contribution in [1.82, 2.24) is 0 Å². The third-order valence-electron chi connectivity index (χ3n) is 0.975. The minimum Gasteiger partial charge on any atom is -0.508 e. The number of hydrogen-bond donors (Lipinski definition) is 1. The fourth-order valence-corrected chi connectivity index (χ4v) is 0.575. The summed E-state index contributed by atoms with van der Waals surface area (Å²) < 4.78 is 0. The molecule has 0 aromatic heterocycles. The van der Waals surface area contributed by atoms with E-state index < -0.39 is 0 Å². The molecular formula is C9H11NO. The van der Waals surface area contributed by atoms with E-state index in [1.54, 1.807) is 12.1 Å². The number of nitriles is 1. The van der Waals surface area contributed by atoms with E-state index in [-0.39, 0.29) is 5.75 Å². The van der Waals surface area contributed by atoms with Gasteiger partial charge < -0.3 is 5.11 Å². The number of benzene rings is 1. The molecular weight excluding hydrogens is 138 g/mol. The Balaban J connectivity index is 0.000000461. The van der Waals surface area contributed by atoms with Gasteiger partial charge in [0, 0.05) is 0 Å². The maximum atomic E-state index is 8.79. The lowest BCUT2D eigenvalue weighted by atomic mass is 10.2. The Morgan fingerprint density at radius 3 is 2.36 bits per heavy atom. The first-order chi connectivity index (χ1) is 5.33. The summed E-state index contributed by atoms with van der Waals surface area (Å²) in [7, 11) is 0. The van der Waals surface area contributed by atoms with Crippen LogP contribution >= 0.6 is 0 Å². The number of phenolic OH excluding ortho intramolecular Hbond substituents is 1. The van der Waals surface area contributed by atoms with Gasteiger partial charge in [-0.2, -0.15) is 5.26 Å².